The molecule has 0 aliphatic carbocycles. The highest BCUT2D eigenvalue weighted by Gasteiger charge is 2.29. The van der Waals surface area contributed by atoms with Gasteiger partial charge in [-0.05, 0) is 31.5 Å². The Morgan fingerprint density at radius 1 is 1.42 bits per heavy atom. The van der Waals surface area contributed by atoms with Crippen molar-refractivity contribution in [2.24, 2.45) is 5.73 Å². The minimum atomic E-state index is -0.241. The summed E-state index contributed by atoms with van der Waals surface area (Å²) in [6.07, 6.45) is 0.383. The van der Waals surface area contributed by atoms with Crippen molar-refractivity contribution in [1.29, 1.82) is 0 Å². The first-order valence-corrected chi connectivity index (χ1v) is 7.35. The third kappa shape index (κ3) is 3.54. The largest absolute Gasteiger partial charge is 0.373 e. The molecular weight excluding hydrogens is 311 g/mol. The first kappa shape index (κ1) is 14.9. The maximum atomic E-state index is 13.2. The van der Waals surface area contributed by atoms with E-state index in [9.17, 15) is 4.39 Å². The first-order valence-electron chi connectivity index (χ1n) is 6.55. The minimum Gasteiger partial charge on any atom is -0.373 e. The number of halogens is 2. The lowest BCUT2D eigenvalue weighted by atomic mass is 10.0. The molecule has 1 fully saturated rings. The quantitative estimate of drug-likeness (QED) is 0.926. The number of nitrogens with two attached hydrogens (primary N) is 1. The molecule has 2 rings (SSSR count). The molecule has 3 unspecified atom stereocenters. The number of morpholine rings is 1. The fourth-order valence-electron chi connectivity index (χ4n) is 2.72. The van der Waals surface area contributed by atoms with Gasteiger partial charge in [-0.25, -0.2) is 4.39 Å². The maximum Gasteiger partial charge on any atom is 0.124 e. The normalized spacial score (nSPS) is 26.4. The lowest BCUT2D eigenvalue weighted by molar-refractivity contribution is -0.0800. The Bertz CT molecular complexity index is 433. The van der Waals surface area contributed by atoms with Crippen LogP contribution < -0.4 is 5.73 Å². The molecule has 106 valence electrons. The van der Waals surface area contributed by atoms with Gasteiger partial charge in [-0.15, -0.1) is 0 Å². The smallest absolute Gasteiger partial charge is 0.124 e. The van der Waals surface area contributed by atoms with E-state index in [1.54, 1.807) is 0 Å². The van der Waals surface area contributed by atoms with E-state index in [0.29, 0.717) is 6.54 Å². The molecule has 1 saturated heterocycles. The van der Waals surface area contributed by atoms with E-state index in [1.165, 1.54) is 12.1 Å². The Morgan fingerprint density at radius 2 is 2.05 bits per heavy atom. The summed E-state index contributed by atoms with van der Waals surface area (Å²) in [5.74, 6) is -0.241. The van der Waals surface area contributed by atoms with Crippen molar-refractivity contribution >= 4 is 15.9 Å². The third-order valence-corrected chi connectivity index (χ3v) is 4.12. The summed E-state index contributed by atoms with van der Waals surface area (Å²) in [5, 5.41) is 0. The molecule has 0 radical (unpaired) electrons. The molecule has 0 saturated carbocycles. The standard InChI is InChI=1S/C14H20BrFN2O/c1-9-7-18(8-10(2)19-9)14(6-17)12-4-3-11(16)5-13(12)15/h3-5,9-10,14H,6-8,17H2,1-2H3. The minimum absolute atomic E-state index is 0.0868. The number of nitrogens with zero attached hydrogens (tertiary/aromatic N) is 1. The summed E-state index contributed by atoms with van der Waals surface area (Å²) in [6, 6.07) is 4.87. The van der Waals surface area contributed by atoms with Crippen molar-refractivity contribution in [2.45, 2.75) is 32.1 Å². The average Bonchev–Trinajstić information content (AvgIpc) is 2.31. The van der Waals surface area contributed by atoms with Gasteiger partial charge in [0, 0.05) is 30.1 Å². The topological polar surface area (TPSA) is 38.5 Å². The first-order chi connectivity index (χ1) is 9.01. The summed E-state index contributed by atoms with van der Waals surface area (Å²) in [6.45, 7) is 6.32. The second-order valence-corrected chi connectivity index (χ2v) is 5.98. The van der Waals surface area contributed by atoms with Gasteiger partial charge in [-0.3, -0.25) is 4.90 Å². The molecule has 0 amide bonds. The van der Waals surface area contributed by atoms with Gasteiger partial charge in [0.1, 0.15) is 5.82 Å². The molecule has 0 spiro atoms. The summed E-state index contributed by atoms with van der Waals surface area (Å²) in [5.41, 5.74) is 6.97. The van der Waals surface area contributed by atoms with Crippen molar-refractivity contribution in [3.05, 3.63) is 34.1 Å². The SMILES string of the molecule is CC1CN(C(CN)c2ccc(F)cc2Br)CC(C)O1. The van der Waals surface area contributed by atoms with Gasteiger partial charge in [0.05, 0.1) is 12.2 Å². The number of hydrogen-bond donors (Lipinski definition) is 1. The highest BCUT2D eigenvalue weighted by Crippen LogP contribution is 2.30. The van der Waals surface area contributed by atoms with Crippen LogP contribution in [-0.2, 0) is 4.74 Å². The van der Waals surface area contributed by atoms with Crippen LogP contribution in [0.4, 0.5) is 4.39 Å². The van der Waals surface area contributed by atoms with Gasteiger partial charge < -0.3 is 10.5 Å². The highest BCUT2D eigenvalue weighted by molar-refractivity contribution is 9.10. The van der Waals surface area contributed by atoms with Gasteiger partial charge in [0.25, 0.3) is 0 Å². The predicted octanol–water partition coefficient (Wildman–Crippen LogP) is 2.70. The van der Waals surface area contributed by atoms with Gasteiger partial charge in [-0.1, -0.05) is 22.0 Å². The van der Waals surface area contributed by atoms with E-state index < -0.39 is 0 Å². The number of rotatable bonds is 3. The third-order valence-electron chi connectivity index (χ3n) is 3.43. The van der Waals surface area contributed by atoms with E-state index >= 15 is 0 Å². The van der Waals surface area contributed by atoms with Crippen LogP contribution in [0.2, 0.25) is 0 Å². The Morgan fingerprint density at radius 3 is 2.58 bits per heavy atom. The zero-order chi connectivity index (χ0) is 14.0. The maximum absolute atomic E-state index is 13.2. The Balaban J connectivity index is 2.23. The molecule has 5 heteroatoms. The Labute approximate surface area is 122 Å². The van der Waals surface area contributed by atoms with Gasteiger partial charge >= 0.3 is 0 Å². The van der Waals surface area contributed by atoms with Gasteiger partial charge in [0.2, 0.25) is 0 Å². The molecule has 1 aliphatic rings. The molecule has 3 atom stereocenters. The molecule has 1 aromatic carbocycles. The number of ether oxygens (including phenoxy) is 1. The lowest BCUT2D eigenvalue weighted by Gasteiger charge is -2.40. The zero-order valence-corrected chi connectivity index (χ0v) is 12.9. The van der Waals surface area contributed by atoms with Crippen LogP contribution in [0.5, 0.6) is 0 Å². The second kappa shape index (κ2) is 6.31. The molecule has 0 aromatic heterocycles. The molecule has 3 nitrogen and oxygen atoms in total. The summed E-state index contributed by atoms with van der Waals surface area (Å²) in [7, 11) is 0. The Hall–Kier alpha value is -0.490. The van der Waals surface area contributed by atoms with E-state index in [4.69, 9.17) is 10.5 Å². The number of hydrogen-bond acceptors (Lipinski definition) is 3. The zero-order valence-electron chi connectivity index (χ0n) is 11.3. The van der Waals surface area contributed by atoms with Crippen molar-refractivity contribution in [3.8, 4) is 0 Å². The molecular formula is C14H20BrFN2O. The van der Waals surface area contributed by atoms with Crippen LogP contribution >= 0.6 is 15.9 Å². The molecule has 0 bridgehead atoms. The molecule has 19 heavy (non-hydrogen) atoms. The van der Waals surface area contributed by atoms with Gasteiger partial charge in [-0.2, -0.15) is 0 Å². The Kier molecular flexibility index (Phi) is 4.95. The molecule has 1 aromatic rings. The molecule has 2 N–H and O–H groups in total. The summed E-state index contributed by atoms with van der Waals surface area (Å²) in [4.78, 5) is 2.32. The lowest BCUT2D eigenvalue weighted by Crippen LogP contribution is -2.48. The number of benzene rings is 1. The second-order valence-electron chi connectivity index (χ2n) is 5.13. The van der Waals surface area contributed by atoms with Crippen LogP contribution in [0.15, 0.2) is 22.7 Å². The van der Waals surface area contributed by atoms with Crippen LogP contribution in [0.1, 0.15) is 25.5 Å². The fraction of sp³-hybridized carbons (Fsp3) is 0.571. The molecule has 1 heterocycles. The summed E-state index contributed by atoms with van der Waals surface area (Å²) >= 11 is 3.43. The van der Waals surface area contributed by atoms with Crippen molar-refractivity contribution in [3.63, 3.8) is 0 Å². The van der Waals surface area contributed by atoms with Crippen LogP contribution in [0.25, 0.3) is 0 Å². The van der Waals surface area contributed by atoms with E-state index in [-0.39, 0.29) is 24.1 Å². The monoisotopic (exact) mass is 330 g/mol. The van der Waals surface area contributed by atoms with Crippen molar-refractivity contribution in [2.75, 3.05) is 19.6 Å². The molecule has 1 aliphatic heterocycles. The van der Waals surface area contributed by atoms with Crippen LogP contribution in [0, 0.1) is 5.82 Å². The highest BCUT2D eigenvalue weighted by atomic mass is 79.9. The summed E-state index contributed by atoms with van der Waals surface area (Å²) < 4.78 is 19.7. The van der Waals surface area contributed by atoms with Crippen LogP contribution in [-0.4, -0.2) is 36.7 Å². The van der Waals surface area contributed by atoms with Crippen molar-refractivity contribution in [1.82, 2.24) is 4.90 Å². The van der Waals surface area contributed by atoms with Crippen LogP contribution in [0.3, 0.4) is 0 Å². The van der Waals surface area contributed by atoms with E-state index in [0.717, 1.165) is 23.1 Å². The average molecular weight is 331 g/mol. The fourth-order valence-corrected chi connectivity index (χ4v) is 3.33. The van der Waals surface area contributed by atoms with Crippen molar-refractivity contribution < 1.29 is 9.13 Å². The van der Waals surface area contributed by atoms with Gasteiger partial charge in [0.15, 0.2) is 0 Å². The predicted molar refractivity (Wildman–Crippen MR) is 77.5 cm³/mol. The van der Waals surface area contributed by atoms with E-state index in [1.807, 2.05) is 6.07 Å². The van der Waals surface area contributed by atoms with E-state index in [2.05, 4.69) is 34.7 Å².